The van der Waals surface area contributed by atoms with Gasteiger partial charge < -0.3 is 24.0 Å². The Balaban J connectivity index is 1.17. The summed E-state index contributed by atoms with van der Waals surface area (Å²) in [4.78, 5) is 32.5. The van der Waals surface area contributed by atoms with Crippen molar-refractivity contribution in [3.63, 3.8) is 0 Å². The first-order chi connectivity index (χ1) is 19.6. The molecule has 5 rings (SSSR count). The molecule has 2 aliphatic rings. The quantitative estimate of drug-likeness (QED) is 0.387. The Morgan fingerprint density at radius 3 is 2.48 bits per heavy atom. The number of nitrogens with zero attached hydrogens (tertiary/aromatic N) is 3. The van der Waals surface area contributed by atoms with E-state index < -0.39 is 0 Å². The van der Waals surface area contributed by atoms with Crippen molar-refractivity contribution in [1.29, 1.82) is 0 Å². The van der Waals surface area contributed by atoms with Crippen molar-refractivity contribution in [1.82, 2.24) is 14.7 Å². The van der Waals surface area contributed by atoms with Crippen molar-refractivity contribution in [3.05, 3.63) is 95.6 Å². The zero-order chi connectivity index (χ0) is 27.7. The van der Waals surface area contributed by atoms with Crippen LogP contribution in [0.5, 0.6) is 17.2 Å². The number of amides is 2. The first-order valence-electron chi connectivity index (χ1n) is 13.6. The molecular formula is C32H35N3O5. The lowest BCUT2D eigenvalue weighted by Crippen LogP contribution is -2.50. The van der Waals surface area contributed by atoms with Crippen molar-refractivity contribution in [2.45, 2.75) is 6.42 Å². The number of ether oxygens (including phenoxy) is 3. The summed E-state index contributed by atoms with van der Waals surface area (Å²) in [5.74, 6) is 2.18. The molecule has 208 valence electrons. The van der Waals surface area contributed by atoms with Crippen molar-refractivity contribution in [2.75, 3.05) is 59.7 Å². The largest absolute Gasteiger partial charge is 0.496 e. The fourth-order valence-electron chi connectivity index (χ4n) is 4.96. The molecule has 3 aromatic carbocycles. The summed E-state index contributed by atoms with van der Waals surface area (Å²) < 4.78 is 16.2. The zero-order valence-electron chi connectivity index (χ0n) is 22.8. The summed E-state index contributed by atoms with van der Waals surface area (Å²) in [6.07, 6.45) is 4.38. The zero-order valence-corrected chi connectivity index (χ0v) is 22.8. The van der Waals surface area contributed by atoms with Gasteiger partial charge in [0.25, 0.3) is 5.91 Å². The van der Waals surface area contributed by atoms with Crippen LogP contribution in [0.25, 0.3) is 6.08 Å². The number of hydrogen-bond acceptors (Lipinski definition) is 6. The molecule has 0 saturated carbocycles. The Kier molecular flexibility index (Phi) is 8.98. The summed E-state index contributed by atoms with van der Waals surface area (Å²) in [5.41, 5.74) is 2.59. The number of piperazine rings is 1. The maximum Gasteiger partial charge on any atom is 0.254 e. The van der Waals surface area contributed by atoms with Crippen LogP contribution in [0.4, 0.5) is 0 Å². The average molecular weight is 542 g/mol. The number of carbonyl (C=O) groups excluding carboxylic acids is 2. The maximum atomic E-state index is 13.3. The monoisotopic (exact) mass is 541 g/mol. The van der Waals surface area contributed by atoms with E-state index in [4.69, 9.17) is 14.2 Å². The van der Waals surface area contributed by atoms with Gasteiger partial charge in [0.05, 0.1) is 13.5 Å². The average Bonchev–Trinajstić information content (AvgIpc) is 3.47. The molecule has 40 heavy (non-hydrogen) atoms. The molecule has 3 aromatic rings. The van der Waals surface area contributed by atoms with E-state index in [1.807, 2.05) is 76.5 Å². The molecule has 0 atom stereocenters. The molecule has 8 heteroatoms. The second-order valence-corrected chi connectivity index (χ2v) is 9.85. The summed E-state index contributed by atoms with van der Waals surface area (Å²) >= 11 is 0. The van der Waals surface area contributed by atoms with Crippen LogP contribution in [0, 0.1) is 0 Å². The van der Waals surface area contributed by atoms with Crippen LogP contribution in [0.1, 0.15) is 21.5 Å². The Hall–Kier alpha value is -4.30. The Morgan fingerprint density at radius 1 is 0.925 bits per heavy atom. The highest BCUT2D eigenvalue weighted by molar-refractivity contribution is 5.95. The maximum absolute atomic E-state index is 13.3. The van der Waals surface area contributed by atoms with Crippen LogP contribution in [0.3, 0.4) is 0 Å². The number of benzene rings is 3. The van der Waals surface area contributed by atoms with Gasteiger partial charge in [-0.1, -0.05) is 60.7 Å². The summed E-state index contributed by atoms with van der Waals surface area (Å²) in [5, 5.41) is 0. The molecule has 0 N–H and O–H groups in total. The van der Waals surface area contributed by atoms with Crippen LogP contribution in [0.15, 0.2) is 78.9 Å². The van der Waals surface area contributed by atoms with E-state index in [-0.39, 0.29) is 18.6 Å². The molecule has 2 amide bonds. The van der Waals surface area contributed by atoms with E-state index in [0.29, 0.717) is 49.7 Å². The lowest BCUT2D eigenvalue weighted by atomic mass is 10.1. The van der Waals surface area contributed by atoms with Crippen LogP contribution in [-0.2, 0) is 11.2 Å². The van der Waals surface area contributed by atoms with Crippen molar-refractivity contribution in [3.8, 4) is 17.2 Å². The molecule has 2 aliphatic heterocycles. The molecule has 0 unspecified atom stereocenters. The highest BCUT2D eigenvalue weighted by Gasteiger charge is 2.25. The molecule has 0 radical (unpaired) electrons. The van der Waals surface area contributed by atoms with E-state index in [1.165, 1.54) is 0 Å². The smallest absolute Gasteiger partial charge is 0.254 e. The van der Waals surface area contributed by atoms with Gasteiger partial charge >= 0.3 is 0 Å². The van der Waals surface area contributed by atoms with Gasteiger partial charge in [0.2, 0.25) is 12.7 Å². The fourth-order valence-corrected chi connectivity index (χ4v) is 4.96. The standard InChI is InChI=1S/C32H35N3O5/c1-38-28-12-6-5-10-26(28)11-7-15-34(31(36)22-25-8-3-2-4-9-25)19-16-33-17-20-35(21-18-33)32(37)27-13-14-29-30(23-27)40-24-39-29/h2-14,23H,15-22,24H2,1H3. The normalized spacial score (nSPS) is 14.9. The number of hydrogen-bond donors (Lipinski definition) is 0. The van der Waals surface area contributed by atoms with Gasteiger partial charge in [0.15, 0.2) is 11.5 Å². The third-order valence-electron chi connectivity index (χ3n) is 7.28. The van der Waals surface area contributed by atoms with Crippen molar-refractivity contribution >= 4 is 17.9 Å². The molecule has 0 aliphatic carbocycles. The fraction of sp³-hybridized carbons (Fsp3) is 0.312. The Morgan fingerprint density at radius 2 is 1.68 bits per heavy atom. The van der Waals surface area contributed by atoms with Gasteiger partial charge in [-0.15, -0.1) is 0 Å². The predicted molar refractivity (Wildman–Crippen MR) is 154 cm³/mol. The summed E-state index contributed by atoms with van der Waals surface area (Å²) in [7, 11) is 1.66. The molecule has 1 fully saturated rings. The highest BCUT2D eigenvalue weighted by atomic mass is 16.7. The number of methoxy groups -OCH3 is 1. The van der Waals surface area contributed by atoms with Gasteiger partial charge in [0, 0.05) is 56.9 Å². The van der Waals surface area contributed by atoms with Gasteiger partial charge in [-0.2, -0.15) is 0 Å². The van der Waals surface area contributed by atoms with Crippen LogP contribution in [-0.4, -0.2) is 86.2 Å². The second kappa shape index (κ2) is 13.2. The van der Waals surface area contributed by atoms with Gasteiger partial charge in [-0.3, -0.25) is 14.5 Å². The van der Waals surface area contributed by atoms with E-state index in [9.17, 15) is 9.59 Å². The second-order valence-electron chi connectivity index (χ2n) is 9.85. The van der Waals surface area contributed by atoms with E-state index in [2.05, 4.69) is 4.90 Å². The molecule has 1 saturated heterocycles. The Bertz CT molecular complexity index is 1340. The molecule has 0 spiro atoms. The minimum absolute atomic E-state index is 0.000840. The number of rotatable bonds is 10. The van der Waals surface area contributed by atoms with E-state index >= 15 is 0 Å². The Labute approximate surface area is 235 Å². The first kappa shape index (κ1) is 27.3. The van der Waals surface area contributed by atoms with Gasteiger partial charge in [0.1, 0.15) is 5.75 Å². The third-order valence-corrected chi connectivity index (χ3v) is 7.28. The highest BCUT2D eigenvalue weighted by Crippen LogP contribution is 2.32. The van der Waals surface area contributed by atoms with Crippen molar-refractivity contribution in [2.24, 2.45) is 0 Å². The lowest BCUT2D eigenvalue weighted by molar-refractivity contribution is -0.130. The van der Waals surface area contributed by atoms with E-state index in [1.54, 1.807) is 25.3 Å². The molecule has 2 heterocycles. The lowest BCUT2D eigenvalue weighted by Gasteiger charge is -2.36. The topological polar surface area (TPSA) is 71.6 Å². The number of fused-ring (bicyclic) bond motifs is 1. The third kappa shape index (κ3) is 6.82. The molecule has 0 bridgehead atoms. The number of carbonyl (C=O) groups is 2. The van der Waals surface area contributed by atoms with Gasteiger partial charge in [-0.05, 0) is 29.8 Å². The number of para-hydroxylation sites is 1. The summed E-state index contributed by atoms with van der Waals surface area (Å²) in [6.45, 7) is 4.84. The minimum Gasteiger partial charge on any atom is -0.496 e. The molecule has 8 nitrogen and oxygen atoms in total. The predicted octanol–water partition coefficient (Wildman–Crippen LogP) is 3.97. The first-order valence-corrected chi connectivity index (χ1v) is 13.6. The SMILES string of the molecule is COc1ccccc1C=CCN(CCN1CCN(C(=O)c2ccc3c(c2)OCO3)CC1)C(=O)Cc1ccccc1. The van der Waals surface area contributed by atoms with Gasteiger partial charge in [-0.25, -0.2) is 0 Å². The minimum atomic E-state index is -0.000840. The van der Waals surface area contributed by atoms with Crippen LogP contribution in [0.2, 0.25) is 0 Å². The van der Waals surface area contributed by atoms with Crippen molar-refractivity contribution < 1.29 is 23.8 Å². The molecular weight excluding hydrogens is 506 g/mol. The van der Waals surface area contributed by atoms with E-state index in [0.717, 1.165) is 36.5 Å². The molecule has 0 aromatic heterocycles. The van der Waals surface area contributed by atoms with Crippen LogP contribution < -0.4 is 14.2 Å². The summed E-state index contributed by atoms with van der Waals surface area (Å²) in [6, 6.07) is 23.0. The van der Waals surface area contributed by atoms with Crippen LogP contribution >= 0.6 is 0 Å².